The van der Waals surface area contributed by atoms with Crippen LogP contribution < -0.4 is 21.1 Å². The number of nitrogens with one attached hydrogen (secondary N) is 1. The van der Waals surface area contributed by atoms with Gasteiger partial charge in [-0.15, -0.1) is 0 Å². The maximum atomic E-state index is 4.25. The van der Waals surface area contributed by atoms with Crippen LogP contribution in [-0.4, -0.2) is 7.28 Å². The average Bonchev–Trinajstić information content (AvgIpc) is 3.79. The third-order valence-electron chi connectivity index (χ3n) is 20.4. The molecular formula is C72H83BN2. The van der Waals surface area contributed by atoms with Crippen molar-refractivity contribution in [2.45, 2.75) is 194 Å². The molecule has 1 heterocycles. The second kappa shape index (κ2) is 16.4. The van der Waals surface area contributed by atoms with Gasteiger partial charge < -0.3 is 10.2 Å². The molecule has 12 rings (SSSR count). The minimum absolute atomic E-state index is 0.0183. The second-order valence-electron chi connectivity index (χ2n) is 28.8. The van der Waals surface area contributed by atoms with E-state index in [2.05, 4.69) is 237 Å². The number of rotatable bonds is 5. The summed E-state index contributed by atoms with van der Waals surface area (Å²) < 4.78 is 0. The van der Waals surface area contributed by atoms with Crippen LogP contribution in [0.5, 0.6) is 0 Å². The number of nitrogens with zero attached hydrogens (tertiary/aromatic N) is 1. The van der Waals surface area contributed by atoms with Gasteiger partial charge in [0.25, 0.3) is 0 Å². The lowest BCUT2D eigenvalue weighted by molar-refractivity contribution is 0.332. The van der Waals surface area contributed by atoms with E-state index in [0.29, 0.717) is 0 Å². The first-order valence-electron chi connectivity index (χ1n) is 28.7. The van der Waals surface area contributed by atoms with Crippen LogP contribution in [0.15, 0.2) is 109 Å². The Labute approximate surface area is 452 Å². The highest BCUT2D eigenvalue weighted by molar-refractivity contribution is 6.73. The summed E-state index contributed by atoms with van der Waals surface area (Å²) in [6.45, 7) is 41.6. The van der Waals surface area contributed by atoms with E-state index in [1.807, 2.05) is 0 Å². The van der Waals surface area contributed by atoms with Gasteiger partial charge in [-0.1, -0.05) is 169 Å². The average molecular weight is 987 g/mol. The van der Waals surface area contributed by atoms with E-state index in [1.54, 1.807) is 0 Å². The second-order valence-corrected chi connectivity index (χ2v) is 28.8. The van der Waals surface area contributed by atoms with E-state index in [9.17, 15) is 0 Å². The Morgan fingerprint density at radius 1 is 0.413 bits per heavy atom. The number of aryl methyl sites for hydroxylation is 3. The van der Waals surface area contributed by atoms with E-state index >= 15 is 0 Å². The fraction of sp³-hybridized carbons (Fsp3) is 0.417. The zero-order valence-electron chi connectivity index (χ0n) is 48.8. The van der Waals surface area contributed by atoms with Gasteiger partial charge >= 0.3 is 0 Å². The van der Waals surface area contributed by atoms with Gasteiger partial charge in [-0.2, -0.15) is 0 Å². The first-order valence-corrected chi connectivity index (χ1v) is 28.7. The van der Waals surface area contributed by atoms with E-state index in [-0.39, 0.29) is 37.9 Å². The van der Waals surface area contributed by atoms with Crippen LogP contribution in [-0.2, 0) is 37.9 Å². The molecule has 0 atom stereocenters. The van der Waals surface area contributed by atoms with Gasteiger partial charge in [-0.3, -0.25) is 0 Å². The minimum Gasteiger partial charge on any atom is -0.355 e. The molecule has 0 radical (unpaired) electrons. The van der Waals surface area contributed by atoms with Crippen LogP contribution in [0, 0.1) is 20.8 Å². The molecule has 384 valence electrons. The van der Waals surface area contributed by atoms with Gasteiger partial charge in [0.15, 0.2) is 7.28 Å². The van der Waals surface area contributed by atoms with Gasteiger partial charge in [0.05, 0.1) is 0 Å². The topological polar surface area (TPSA) is 15.3 Å². The minimum atomic E-state index is -0.212. The fourth-order valence-corrected chi connectivity index (χ4v) is 15.3. The van der Waals surface area contributed by atoms with Gasteiger partial charge in [-0.05, 0) is 229 Å². The Morgan fingerprint density at radius 3 is 1.59 bits per heavy atom. The highest BCUT2D eigenvalue weighted by Crippen LogP contribution is 2.58. The molecule has 7 aromatic carbocycles. The molecule has 1 N–H and O–H groups in total. The van der Waals surface area contributed by atoms with Crippen molar-refractivity contribution < 1.29 is 0 Å². The number of fused-ring (bicyclic) bond motifs is 9. The van der Waals surface area contributed by atoms with Crippen LogP contribution in [0.4, 0.5) is 28.4 Å². The molecule has 0 bridgehead atoms. The van der Waals surface area contributed by atoms with E-state index in [1.165, 1.54) is 160 Å². The van der Waals surface area contributed by atoms with Crippen molar-refractivity contribution in [2.24, 2.45) is 0 Å². The van der Waals surface area contributed by atoms with Gasteiger partial charge in [0, 0.05) is 39.4 Å². The van der Waals surface area contributed by atoms with Crippen LogP contribution in [0.2, 0.25) is 0 Å². The van der Waals surface area contributed by atoms with Crippen LogP contribution in [0.1, 0.15) is 197 Å². The fourth-order valence-electron chi connectivity index (χ4n) is 15.3. The van der Waals surface area contributed by atoms with E-state index in [0.717, 1.165) is 20.1 Å². The first-order chi connectivity index (χ1) is 35.1. The summed E-state index contributed by atoms with van der Waals surface area (Å²) in [5.74, 6) is 0. The van der Waals surface area contributed by atoms with Crippen molar-refractivity contribution in [2.75, 3.05) is 10.2 Å². The zero-order valence-corrected chi connectivity index (χ0v) is 48.8. The molecule has 0 spiro atoms. The van der Waals surface area contributed by atoms with Crippen molar-refractivity contribution >= 4 is 46.6 Å². The van der Waals surface area contributed by atoms with Crippen molar-refractivity contribution in [1.29, 1.82) is 0 Å². The molecule has 2 nitrogen and oxygen atoms in total. The largest absolute Gasteiger partial charge is 0.355 e. The van der Waals surface area contributed by atoms with Crippen LogP contribution in [0.25, 0.3) is 33.4 Å². The molecular weight excluding hydrogens is 904 g/mol. The lowest BCUT2D eigenvalue weighted by Gasteiger charge is -2.44. The standard InChI is InChI=1S/C72H83BN2/c1-42-21-20-22-43(2)62(42)45-36-50(49-39-55-56(70(12,13)33-32-69(55,10)11)40-59(49)74-46-25-27-52-54(38-46)68(8,9)30-29-66(52,4)5)64-61(37-45)75(60-41-57-53(35-44(60)3)67(6,7)31-34-71(57,14)15)65-58(73-64)28-26-48-47-23-18-19-24-51(47)72(16,17)63(48)65/h18-28,35-41,73-74H,29-34H2,1-17H3. The predicted octanol–water partition coefficient (Wildman–Crippen LogP) is 18.2. The molecule has 5 aliphatic rings. The highest BCUT2D eigenvalue weighted by Gasteiger charge is 2.45. The Bertz CT molecular complexity index is 3550. The Balaban J connectivity index is 1.19. The Kier molecular flexibility index (Phi) is 10.9. The molecule has 75 heavy (non-hydrogen) atoms. The maximum absolute atomic E-state index is 4.25. The normalized spacial score (nSPS) is 20.0. The van der Waals surface area contributed by atoms with Crippen molar-refractivity contribution in [1.82, 2.24) is 0 Å². The molecule has 4 aliphatic carbocycles. The summed E-state index contributed by atoms with van der Waals surface area (Å²) in [4.78, 5) is 2.79. The molecule has 0 fully saturated rings. The van der Waals surface area contributed by atoms with Gasteiger partial charge in [0.2, 0.25) is 0 Å². The van der Waals surface area contributed by atoms with Gasteiger partial charge in [-0.25, -0.2) is 0 Å². The predicted molar refractivity (Wildman–Crippen MR) is 326 cm³/mol. The van der Waals surface area contributed by atoms with Crippen molar-refractivity contribution in [3.05, 3.63) is 170 Å². The lowest BCUT2D eigenvalue weighted by Crippen LogP contribution is -2.43. The summed E-state index contributed by atoms with van der Waals surface area (Å²) in [5.41, 5.74) is 33.1. The van der Waals surface area contributed by atoms with E-state index in [4.69, 9.17) is 0 Å². The molecule has 0 amide bonds. The Hall–Kier alpha value is -5.80. The smallest absolute Gasteiger partial charge is 0.198 e. The van der Waals surface area contributed by atoms with E-state index < -0.39 is 0 Å². The molecule has 3 heteroatoms. The molecule has 1 aliphatic heterocycles. The summed E-state index contributed by atoms with van der Waals surface area (Å²) in [5, 5.41) is 4.25. The summed E-state index contributed by atoms with van der Waals surface area (Å²) in [7, 11) is 0.833. The SMILES string of the molecule is Cc1cc2c(cc1N1c3cc(-c4c(C)cccc4C)cc(-c4cc5c(cc4Nc4ccc6c(c4)C(C)(C)CCC6(C)C)C(C)(C)CCC5(C)C)c3Bc3ccc4c(c31)C(C)(C)c1ccccc1-4)C(C)(C)CCC2(C)C. The summed E-state index contributed by atoms with van der Waals surface area (Å²) in [6.07, 6.45) is 7.07. The maximum Gasteiger partial charge on any atom is 0.198 e. The first kappa shape index (κ1) is 50.0. The monoisotopic (exact) mass is 987 g/mol. The quantitative estimate of drug-likeness (QED) is 0.173. The highest BCUT2D eigenvalue weighted by atomic mass is 15.2. The summed E-state index contributed by atoms with van der Waals surface area (Å²) in [6, 6.07) is 44.1. The summed E-state index contributed by atoms with van der Waals surface area (Å²) >= 11 is 0. The molecule has 0 saturated heterocycles. The zero-order chi connectivity index (χ0) is 53.3. The number of hydrogen-bond donors (Lipinski definition) is 1. The number of benzene rings is 7. The molecule has 0 saturated carbocycles. The third-order valence-corrected chi connectivity index (χ3v) is 20.4. The van der Waals surface area contributed by atoms with Crippen LogP contribution >= 0.6 is 0 Å². The third kappa shape index (κ3) is 7.61. The molecule has 0 aromatic heterocycles. The van der Waals surface area contributed by atoms with Gasteiger partial charge in [0.1, 0.15) is 0 Å². The molecule has 0 unspecified atom stereocenters. The van der Waals surface area contributed by atoms with Crippen molar-refractivity contribution in [3.63, 3.8) is 0 Å². The lowest BCUT2D eigenvalue weighted by atomic mass is 9.56. The number of anilines is 5. The van der Waals surface area contributed by atoms with Crippen molar-refractivity contribution in [3.8, 4) is 33.4 Å². The molecule has 7 aromatic rings. The number of hydrogen-bond acceptors (Lipinski definition) is 2. The van der Waals surface area contributed by atoms with Crippen LogP contribution in [0.3, 0.4) is 0 Å². The Morgan fingerprint density at radius 2 is 0.960 bits per heavy atom.